The van der Waals surface area contributed by atoms with Gasteiger partial charge in [-0.1, -0.05) is 24.3 Å². The highest BCUT2D eigenvalue weighted by molar-refractivity contribution is 5.96. The molecule has 4 aliphatic carbocycles. The van der Waals surface area contributed by atoms with Crippen molar-refractivity contribution in [2.45, 2.75) is 70.5 Å². The number of hydrogen-bond acceptors (Lipinski definition) is 3. The molecule has 2 amide bonds. The fourth-order valence-corrected chi connectivity index (χ4v) is 7.68. The Bertz CT molecular complexity index is 992. The third-order valence-electron chi connectivity index (χ3n) is 8.91. The number of hydrogen-bond donors (Lipinski definition) is 1. The number of nitrogens with one attached hydrogen (secondary N) is 1. The number of carbonyl (C=O) groups excluding carboxylic acids is 2. The Kier molecular flexibility index (Phi) is 4.70. The molecule has 7 rings (SSSR count). The zero-order chi connectivity index (χ0) is 21.9. The van der Waals surface area contributed by atoms with Crippen molar-refractivity contribution in [1.82, 2.24) is 10.2 Å². The van der Waals surface area contributed by atoms with Crippen molar-refractivity contribution in [2.24, 2.45) is 23.2 Å². The van der Waals surface area contributed by atoms with Crippen LogP contribution in [0.3, 0.4) is 0 Å². The highest BCUT2D eigenvalue weighted by Crippen LogP contribution is 2.61. The van der Waals surface area contributed by atoms with E-state index in [1.165, 1.54) is 44.8 Å². The van der Waals surface area contributed by atoms with Gasteiger partial charge in [-0.05, 0) is 91.9 Å². The second-order valence-electron chi connectivity index (χ2n) is 10.9. The molecule has 2 aromatic rings. The van der Waals surface area contributed by atoms with Crippen molar-refractivity contribution in [3.8, 4) is 0 Å². The van der Waals surface area contributed by atoms with E-state index in [4.69, 9.17) is 4.42 Å². The molecule has 1 aliphatic heterocycles. The van der Waals surface area contributed by atoms with Crippen LogP contribution in [0.2, 0.25) is 0 Å². The van der Waals surface area contributed by atoms with Crippen LogP contribution in [0.25, 0.3) is 0 Å². The number of furan rings is 1. The molecule has 2 atom stereocenters. The first-order valence-corrected chi connectivity index (χ1v) is 12.2. The van der Waals surface area contributed by atoms with Gasteiger partial charge in [0, 0.05) is 19.0 Å². The molecule has 168 valence electrons. The van der Waals surface area contributed by atoms with E-state index in [0.29, 0.717) is 13.0 Å². The Morgan fingerprint density at radius 3 is 2.28 bits per heavy atom. The maximum Gasteiger partial charge on any atom is 0.290 e. The third-order valence-corrected chi connectivity index (χ3v) is 8.91. The Hall–Kier alpha value is -2.56. The normalized spacial score (nSPS) is 33.6. The number of amides is 2. The molecule has 4 fully saturated rings. The van der Waals surface area contributed by atoms with E-state index >= 15 is 0 Å². The smallest absolute Gasteiger partial charge is 0.290 e. The highest BCUT2D eigenvalue weighted by Gasteiger charge is 2.53. The van der Waals surface area contributed by atoms with Crippen LogP contribution in [0, 0.1) is 23.2 Å². The molecule has 1 N–H and O–H groups in total. The molecule has 0 radical (unpaired) electrons. The lowest BCUT2D eigenvalue weighted by atomic mass is 9.48. The monoisotopic (exact) mass is 432 g/mol. The molecule has 5 heteroatoms. The van der Waals surface area contributed by atoms with Gasteiger partial charge in [-0.15, -0.1) is 0 Å². The van der Waals surface area contributed by atoms with Crippen molar-refractivity contribution < 1.29 is 14.0 Å². The molecule has 4 bridgehead atoms. The van der Waals surface area contributed by atoms with E-state index in [-0.39, 0.29) is 29.0 Å². The first-order chi connectivity index (χ1) is 15.5. The van der Waals surface area contributed by atoms with Crippen LogP contribution < -0.4 is 5.32 Å². The van der Waals surface area contributed by atoms with Gasteiger partial charge in [0.1, 0.15) is 6.04 Å². The van der Waals surface area contributed by atoms with Gasteiger partial charge in [0.2, 0.25) is 5.91 Å². The lowest BCUT2D eigenvalue weighted by Gasteiger charge is -2.59. The van der Waals surface area contributed by atoms with Gasteiger partial charge in [-0.2, -0.15) is 0 Å². The van der Waals surface area contributed by atoms with E-state index in [1.54, 1.807) is 17.0 Å². The predicted octanol–water partition coefficient (Wildman–Crippen LogP) is 4.57. The maximum absolute atomic E-state index is 13.7. The number of nitrogens with zero attached hydrogens (tertiary/aromatic N) is 1. The van der Waals surface area contributed by atoms with E-state index in [9.17, 15) is 9.59 Å². The van der Waals surface area contributed by atoms with Gasteiger partial charge in [-0.25, -0.2) is 0 Å². The van der Waals surface area contributed by atoms with Crippen molar-refractivity contribution in [1.29, 1.82) is 0 Å². The van der Waals surface area contributed by atoms with Crippen molar-refractivity contribution in [3.63, 3.8) is 0 Å². The number of carbonyl (C=O) groups is 2. The fraction of sp³-hybridized carbons (Fsp3) is 0.556. The molecule has 0 unspecified atom stereocenters. The first-order valence-electron chi connectivity index (χ1n) is 12.2. The molecule has 5 nitrogen and oxygen atoms in total. The van der Waals surface area contributed by atoms with Crippen LogP contribution in [0.5, 0.6) is 0 Å². The number of fused-ring (bicyclic) bond motifs is 1. The second-order valence-corrected chi connectivity index (χ2v) is 10.9. The number of rotatable bonds is 4. The molecule has 32 heavy (non-hydrogen) atoms. The lowest BCUT2D eigenvalue weighted by molar-refractivity contribution is -0.130. The van der Waals surface area contributed by atoms with Gasteiger partial charge >= 0.3 is 0 Å². The van der Waals surface area contributed by atoms with E-state index in [1.807, 2.05) is 18.2 Å². The Balaban J connectivity index is 1.25. The van der Waals surface area contributed by atoms with Crippen LogP contribution in [-0.2, 0) is 17.8 Å². The SMILES string of the molecule is C[C@@H](NC(=O)[C@H]1Cc2ccccc2CN1C(=O)c1ccco1)C12CC3CC(CC(C3)C1)C2. The molecule has 5 aliphatic rings. The topological polar surface area (TPSA) is 62.6 Å². The molecule has 4 saturated carbocycles. The first kappa shape index (κ1) is 20.1. The van der Waals surface area contributed by atoms with Crippen LogP contribution in [0.1, 0.15) is 67.1 Å². The van der Waals surface area contributed by atoms with Gasteiger partial charge in [0.15, 0.2) is 5.76 Å². The Labute approximate surface area is 189 Å². The van der Waals surface area contributed by atoms with Crippen LogP contribution in [-0.4, -0.2) is 28.8 Å². The Morgan fingerprint density at radius 1 is 1.00 bits per heavy atom. The minimum atomic E-state index is -0.515. The summed E-state index contributed by atoms with van der Waals surface area (Å²) < 4.78 is 5.39. The Morgan fingerprint density at radius 2 is 1.66 bits per heavy atom. The van der Waals surface area contributed by atoms with E-state index < -0.39 is 6.04 Å². The summed E-state index contributed by atoms with van der Waals surface area (Å²) >= 11 is 0. The number of benzene rings is 1. The molecular formula is C27H32N2O3. The fourth-order valence-electron chi connectivity index (χ4n) is 7.68. The molecule has 0 saturated heterocycles. The highest BCUT2D eigenvalue weighted by atomic mass is 16.3. The second kappa shape index (κ2) is 7.50. The summed E-state index contributed by atoms with van der Waals surface area (Å²) in [6.45, 7) is 2.64. The van der Waals surface area contributed by atoms with Crippen molar-refractivity contribution >= 4 is 11.8 Å². The zero-order valence-corrected chi connectivity index (χ0v) is 18.8. The third kappa shape index (κ3) is 3.28. The molecular weight excluding hydrogens is 400 g/mol. The summed E-state index contributed by atoms with van der Waals surface area (Å²) in [5, 5.41) is 3.40. The van der Waals surface area contributed by atoms with Gasteiger partial charge in [-0.3, -0.25) is 9.59 Å². The van der Waals surface area contributed by atoms with Crippen LogP contribution >= 0.6 is 0 Å². The van der Waals surface area contributed by atoms with Gasteiger partial charge in [0.05, 0.1) is 6.26 Å². The average molecular weight is 433 g/mol. The van der Waals surface area contributed by atoms with E-state index in [0.717, 1.165) is 28.9 Å². The summed E-state index contributed by atoms with van der Waals surface area (Å²) in [5.74, 6) is 2.59. The minimum Gasteiger partial charge on any atom is -0.459 e. The van der Waals surface area contributed by atoms with Crippen molar-refractivity contribution in [2.75, 3.05) is 0 Å². The average Bonchev–Trinajstić information content (AvgIpc) is 3.32. The van der Waals surface area contributed by atoms with Gasteiger partial charge < -0.3 is 14.6 Å². The zero-order valence-electron chi connectivity index (χ0n) is 18.8. The van der Waals surface area contributed by atoms with Gasteiger partial charge in [0.25, 0.3) is 5.91 Å². The largest absolute Gasteiger partial charge is 0.459 e. The summed E-state index contributed by atoms with van der Waals surface area (Å²) in [6.07, 6.45) is 9.99. The van der Waals surface area contributed by atoms with E-state index in [2.05, 4.69) is 18.3 Å². The quantitative estimate of drug-likeness (QED) is 0.770. The summed E-state index contributed by atoms with van der Waals surface area (Å²) in [6, 6.07) is 11.1. The molecule has 0 spiro atoms. The van der Waals surface area contributed by atoms with Crippen LogP contribution in [0.15, 0.2) is 47.1 Å². The molecule has 2 heterocycles. The maximum atomic E-state index is 13.7. The predicted molar refractivity (Wildman–Crippen MR) is 121 cm³/mol. The molecule has 1 aromatic carbocycles. The summed E-state index contributed by atoms with van der Waals surface area (Å²) in [7, 11) is 0. The van der Waals surface area contributed by atoms with Crippen LogP contribution in [0.4, 0.5) is 0 Å². The summed E-state index contributed by atoms with van der Waals surface area (Å²) in [5.41, 5.74) is 2.50. The lowest BCUT2D eigenvalue weighted by Crippen LogP contribution is -2.59. The summed E-state index contributed by atoms with van der Waals surface area (Å²) in [4.78, 5) is 28.6. The molecule has 1 aromatic heterocycles. The standard InChI is InChI=1S/C27H32N2O3/c1-17(27-13-18-9-19(14-27)11-20(10-18)15-27)28-25(30)23-12-21-5-2-3-6-22(21)16-29(23)26(31)24-7-4-8-32-24/h2-8,17-20,23H,9-16H2,1H3,(H,28,30)/t17-,18?,19?,20?,23-,27?/m1/s1. The van der Waals surface area contributed by atoms with Crippen molar-refractivity contribution in [3.05, 3.63) is 59.5 Å². The minimum absolute atomic E-state index is 0.0253.